The highest BCUT2D eigenvalue weighted by Crippen LogP contribution is 2.29. The Bertz CT molecular complexity index is 333. The fraction of sp³-hybridized carbons (Fsp3) is 0.400. The molecule has 2 nitrogen and oxygen atoms in total. The molecule has 1 aromatic rings. The lowest BCUT2D eigenvalue weighted by molar-refractivity contribution is 0.115. The van der Waals surface area contributed by atoms with Crippen LogP contribution in [0.4, 0.5) is 8.78 Å². The highest BCUT2D eigenvalue weighted by molar-refractivity contribution is 9.10. The van der Waals surface area contributed by atoms with E-state index in [2.05, 4.69) is 15.9 Å². The maximum atomic E-state index is 12.3. The van der Waals surface area contributed by atoms with Crippen molar-refractivity contribution < 1.29 is 13.5 Å². The summed E-state index contributed by atoms with van der Waals surface area (Å²) in [5.74, 6) is 0.564. The first kappa shape index (κ1) is 12.4. The normalized spacial score (nSPS) is 12.9. The summed E-state index contributed by atoms with van der Waals surface area (Å²) in [5.41, 5.74) is 5.98. The van der Waals surface area contributed by atoms with Crippen molar-refractivity contribution in [2.24, 2.45) is 5.73 Å². The van der Waals surface area contributed by atoms with Crippen molar-refractivity contribution in [3.8, 4) is 5.75 Å². The van der Waals surface area contributed by atoms with Gasteiger partial charge < -0.3 is 10.5 Å². The van der Waals surface area contributed by atoms with Crippen LogP contribution in [0.2, 0.25) is 0 Å². The Morgan fingerprint density at radius 1 is 1.47 bits per heavy atom. The summed E-state index contributed by atoms with van der Waals surface area (Å²) in [5, 5.41) is 0. The van der Waals surface area contributed by atoms with Crippen LogP contribution in [0.25, 0.3) is 0 Å². The zero-order chi connectivity index (χ0) is 11.4. The number of hydrogen-bond donors (Lipinski definition) is 1. The third-order valence-corrected chi connectivity index (χ3v) is 2.66. The fourth-order valence-corrected chi connectivity index (χ4v) is 1.85. The number of rotatable bonds is 4. The van der Waals surface area contributed by atoms with E-state index in [9.17, 15) is 8.78 Å². The van der Waals surface area contributed by atoms with Gasteiger partial charge in [-0.05, 0) is 34.0 Å². The molecule has 15 heavy (non-hydrogen) atoms. The topological polar surface area (TPSA) is 35.2 Å². The van der Waals surface area contributed by atoms with Crippen LogP contribution in [-0.4, -0.2) is 19.6 Å². The smallest absolute Gasteiger partial charge is 0.253 e. The number of halogens is 3. The number of ether oxygens (including phenoxy) is 1. The molecule has 0 saturated heterocycles. The molecule has 1 rings (SSSR count). The molecule has 0 bridgehead atoms. The maximum Gasteiger partial charge on any atom is 0.253 e. The van der Waals surface area contributed by atoms with E-state index in [1.165, 1.54) is 7.11 Å². The van der Waals surface area contributed by atoms with E-state index in [-0.39, 0.29) is 6.42 Å². The van der Waals surface area contributed by atoms with Gasteiger partial charge in [0.25, 0.3) is 6.43 Å². The van der Waals surface area contributed by atoms with Gasteiger partial charge in [0, 0.05) is 0 Å². The molecule has 0 aromatic heterocycles. The molecule has 0 aliphatic heterocycles. The minimum atomic E-state index is -2.52. The lowest BCUT2D eigenvalue weighted by Gasteiger charge is -2.14. The summed E-state index contributed by atoms with van der Waals surface area (Å²) in [6.07, 6.45) is -2.42. The average molecular weight is 280 g/mol. The molecule has 0 spiro atoms. The van der Waals surface area contributed by atoms with Crippen LogP contribution < -0.4 is 10.5 Å². The summed E-state index contributed by atoms with van der Waals surface area (Å²) in [6, 6.07) is 4.12. The standard InChI is InChI=1S/C10H12BrF2NO/c1-15-9-6(3-2-4-7(9)11)5-8(14)10(12)13/h2-4,8,10H,5,14H2,1H3. The minimum Gasteiger partial charge on any atom is -0.495 e. The summed E-state index contributed by atoms with van der Waals surface area (Å²) in [7, 11) is 1.50. The van der Waals surface area contributed by atoms with Crippen LogP contribution in [0.3, 0.4) is 0 Å². The number of para-hydroxylation sites is 1. The van der Waals surface area contributed by atoms with E-state index >= 15 is 0 Å². The van der Waals surface area contributed by atoms with E-state index in [4.69, 9.17) is 10.5 Å². The lowest BCUT2D eigenvalue weighted by Crippen LogP contribution is -2.31. The lowest BCUT2D eigenvalue weighted by atomic mass is 10.1. The molecule has 0 radical (unpaired) electrons. The summed E-state index contributed by atoms with van der Waals surface area (Å²) < 4.78 is 30.4. The first-order valence-electron chi connectivity index (χ1n) is 4.41. The second-order valence-corrected chi connectivity index (χ2v) is 3.99. The van der Waals surface area contributed by atoms with E-state index in [1.807, 2.05) is 0 Å². The number of hydrogen-bond acceptors (Lipinski definition) is 2. The Kier molecular flexibility index (Phi) is 4.47. The number of methoxy groups -OCH3 is 1. The molecule has 1 unspecified atom stereocenters. The van der Waals surface area contributed by atoms with Crippen molar-refractivity contribution in [1.82, 2.24) is 0 Å². The first-order valence-corrected chi connectivity index (χ1v) is 5.20. The van der Waals surface area contributed by atoms with Crippen molar-refractivity contribution in [2.75, 3.05) is 7.11 Å². The molecule has 0 heterocycles. The number of benzene rings is 1. The molecule has 0 saturated carbocycles. The third kappa shape index (κ3) is 3.14. The van der Waals surface area contributed by atoms with Crippen LogP contribution in [-0.2, 0) is 6.42 Å². The maximum absolute atomic E-state index is 12.3. The largest absolute Gasteiger partial charge is 0.495 e. The predicted octanol–water partition coefficient (Wildman–Crippen LogP) is 2.59. The van der Waals surface area contributed by atoms with Gasteiger partial charge in [-0.1, -0.05) is 12.1 Å². The van der Waals surface area contributed by atoms with Crippen LogP contribution >= 0.6 is 15.9 Å². The second kappa shape index (κ2) is 5.42. The van der Waals surface area contributed by atoms with Gasteiger partial charge in [-0.3, -0.25) is 0 Å². The van der Waals surface area contributed by atoms with Crippen molar-refractivity contribution in [1.29, 1.82) is 0 Å². The molecular formula is C10H12BrF2NO. The predicted molar refractivity (Wildman–Crippen MR) is 58.4 cm³/mol. The van der Waals surface area contributed by atoms with Crippen LogP contribution in [0.1, 0.15) is 5.56 Å². The van der Waals surface area contributed by atoms with Crippen LogP contribution in [0, 0.1) is 0 Å². The SMILES string of the molecule is COc1c(Br)cccc1CC(N)C(F)F. The molecule has 84 valence electrons. The first-order chi connectivity index (χ1) is 7.06. The second-order valence-electron chi connectivity index (χ2n) is 3.13. The van der Waals surface area contributed by atoms with Crippen molar-refractivity contribution in [2.45, 2.75) is 18.9 Å². The monoisotopic (exact) mass is 279 g/mol. The number of alkyl halides is 2. The molecule has 0 aliphatic rings. The highest BCUT2D eigenvalue weighted by Gasteiger charge is 2.18. The molecule has 0 aliphatic carbocycles. The van der Waals surface area contributed by atoms with Gasteiger partial charge in [-0.15, -0.1) is 0 Å². The summed E-state index contributed by atoms with van der Waals surface area (Å²) in [4.78, 5) is 0. The minimum absolute atomic E-state index is 0.0975. The average Bonchev–Trinajstić information content (AvgIpc) is 2.18. The molecule has 1 aromatic carbocycles. The summed E-state index contributed by atoms with van der Waals surface area (Å²) in [6.45, 7) is 0. The van der Waals surface area contributed by atoms with Gasteiger partial charge in [0.15, 0.2) is 0 Å². The Morgan fingerprint density at radius 3 is 2.67 bits per heavy atom. The fourth-order valence-electron chi connectivity index (χ4n) is 1.29. The zero-order valence-corrected chi connectivity index (χ0v) is 9.80. The number of nitrogens with two attached hydrogens (primary N) is 1. The van der Waals surface area contributed by atoms with Crippen LogP contribution in [0.15, 0.2) is 22.7 Å². The highest BCUT2D eigenvalue weighted by atomic mass is 79.9. The zero-order valence-electron chi connectivity index (χ0n) is 8.21. The quantitative estimate of drug-likeness (QED) is 0.920. The molecule has 5 heteroatoms. The van der Waals surface area contributed by atoms with Crippen molar-refractivity contribution >= 4 is 15.9 Å². The van der Waals surface area contributed by atoms with E-state index in [0.29, 0.717) is 11.3 Å². The molecule has 2 N–H and O–H groups in total. The van der Waals surface area contributed by atoms with E-state index in [1.54, 1.807) is 18.2 Å². The Hall–Kier alpha value is -0.680. The molecule has 0 fully saturated rings. The third-order valence-electron chi connectivity index (χ3n) is 2.03. The molecule has 1 atom stereocenters. The van der Waals surface area contributed by atoms with Gasteiger partial charge in [0.2, 0.25) is 0 Å². The van der Waals surface area contributed by atoms with E-state index < -0.39 is 12.5 Å². The van der Waals surface area contributed by atoms with Gasteiger partial charge in [-0.25, -0.2) is 8.78 Å². The Balaban J connectivity index is 2.89. The van der Waals surface area contributed by atoms with Gasteiger partial charge in [-0.2, -0.15) is 0 Å². The molecule has 0 amide bonds. The molecular weight excluding hydrogens is 268 g/mol. The van der Waals surface area contributed by atoms with Gasteiger partial charge in [0.05, 0.1) is 17.6 Å². The van der Waals surface area contributed by atoms with Crippen molar-refractivity contribution in [3.63, 3.8) is 0 Å². The Labute approximate surface area is 95.5 Å². The van der Waals surface area contributed by atoms with Crippen LogP contribution in [0.5, 0.6) is 5.75 Å². The summed E-state index contributed by atoms with van der Waals surface area (Å²) >= 11 is 3.28. The van der Waals surface area contributed by atoms with Crippen molar-refractivity contribution in [3.05, 3.63) is 28.2 Å². The Morgan fingerprint density at radius 2 is 2.13 bits per heavy atom. The van der Waals surface area contributed by atoms with E-state index in [0.717, 1.165) is 4.47 Å². The van der Waals surface area contributed by atoms with Gasteiger partial charge in [0.1, 0.15) is 5.75 Å². The van der Waals surface area contributed by atoms with Gasteiger partial charge >= 0.3 is 0 Å².